The molecule has 0 radical (unpaired) electrons. The van der Waals surface area contributed by atoms with Gasteiger partial charge < -0.3 is 19.3 Å². The van der Waals surface area contributed by atoms with E-state index in [9.17, 15) is 9.59 Å². The highest BCUT2D eigenvalue weighted by Gasteiger charge is 2.32. The number of carbonyl (C=O) groups is 2. The van der Waals surface area contributed by atoms with Crippen molar-refractivity contribution in [2.24, 2.45) is 5.92 Å². The van der Waals surface area contributed by atoms with Gasteiger partial charge in [0.1, 0.15) is 5.92 Å². The molecule has 0 aromatic rings. The highest BCUT2D eigenvalue weighted by atomic mass is 28.1. The molecule has 0 spiro atoms. The molecule has 1 N–H and O–H groups in total. The summed E-state index contributed by atoms with van der Waals surface area (Å²) in [4.78, 5) is 22.8. The molecule has 0 aromatic carbocycles. The number of hydrogen-bond donors (Lipinski definition) is 1. The minimum absolute atomic E-state index is 0.235. The summed E-state index contributed by atoms with van der Waals surface area (Å²) in [6.45, 7) is 4.49. The van der Waals surface area contributed by atoms with Crippen LogP contribution in [0.4, 0.5) is 0 Å². The largest absolute Gasteiger partial charge is 0.481 e. The fourth-order valence-corrected chi connectivity index (χ4v) is 1.77. The highest BCUT2D eigenvalue weighted by Crippen LogP contribution is 2.16. The molecule has 0 heterocycles. The topological polar surface area (TPSA) is 82.1 Å². The lowest BCUT2D eigenvalue weighted by molar-refractivity contribution is -0.190. The quantitative estimate of drug-likeness (QED) is 0.253. The van der Waals surface area contributed by atoms with Crippen LogP contribution in [-0.4, -0.2) is 53.4 Å². The second-order valence-corrected chi connectivity index (χ2v) is 5.00. The predicted molar refractivity (Wildman–Crippen MR) is 73.1 cm³/mol. The molecular weight excluding hydrogens is 268 g/mol. The molecular formula is C12H24O6Si. The Labute approximate surface area is 116 Å². The SMILES string of the molecule is CCOC(OCC)C(CC(=O)OCCC[SiH3])C(=O)O. The standard InChI is InChI=1S/C12H24O6Si/c1-3-16-12(17-4-2)9(11(14)15)8-10(13)18-6-5-7-19/h9,12H,3-8H2,1-2,19H3,(H,14,15). The molecule has 0 saturated carbocycles. The van der Waals surface area contributed by atoms with Gasteiger partial charge in [-0.3, -0.25) is 9.59 Å². The van der Waals surface area contributed by atoms with Crippen molar-refractivity contribution in [2.75, 3.05) is 19.8 Å². The van der Waals surface area contributed by atoms with E-state index in [1.165, 1.54) is 0 Å². The van der Waals surface area contributed by atoms with Gasteiger partial charge >= 0.3 is 11.9 Å². The normalized spacial score (nSPS) is 12.6. The van der Waals surface area contributed by atoms with Gasteiger partial charge in [0.2, 0.25) is 0 Å². The number of rotatable bonds is 11. The van der Waals surface area contributed by atoms with Gasteiger partial charge in [-0.15, -0.1) is 0 Å². The average Bonchev–Trinajstić information content (AvgIpc) is 2.36. The van der Waals surface area contributed by atoms with Crippen LogP contribution in [0.2, 0.25) is 6.04 Å². The van der Waals surface area contributed by atoms with Gasteiger partial charge in [-0.1, -0.05) is 6.04 Å². The Bertz CT molecular complexity index is 265. The maximum absolute atomic E-state index is 11.6. The Balaban J connectivity index is 4.44. The van der Waals surface area contributed by atoms with Crippen LogP contribution in [0.3, 0.4) is 0 Å². The van der Waals surface area contributed by atoms with Gasteiger partial charge in [0.25, 0.3) is 0 Å². The number of carboxylic acids is 1. The van der Waals surface area contributed by atoms with Crippen molar-refractivity contribution in [2.45, 2.75) is 39.0 Å². The zero-order chi connectivity index (χ0) is 14.7. The fraction of sp³-hybridized carbons (Fsp3) is 0.833. The number of esters is 1. The maximum Gasteiger partial charge on any atom is 0.312 e. The van der Waals surface area contributed by atoms with Crippen LogP contribution in [-0.2, 0) is 23.8 Å². The van der Waals surface area contributed by atoms with E-state index in [0.717, 1.165) is 22.7 Å². The summed E-state index contributed by atoms with van der Waals surface area (Å²) in [5.74, 6) is -2.68. The number of ether oxygens (including phenoxy) is 3. The zero-order valence-electron chi connectivity index (χ0n) is 11.9. The van der Waals surface area contributed by atoms with E-state index < -0.39 is 24.1 Å². The lowest BCUT2D eigenvalue weighted by atomic mass is 10.1. The Morgan fingerprint density at radius 1 is 1.21 bits per heavy atom. The molecule has 0 saturated heterocycles. The van der Waals surface area contributed by atoms with Crippen LogP contribution in [0.1, 0.15) is 26.7 Å². The zero-order valence-corrected chi connectivity index (χ0v) is 13.9. The molecule has 112 valence electrons. The molecule has 0 aromatic heterocycles. The molecule has 1 atom stereocenters. The predicted octanol–water partition coefficient (Wildman–Crippen LogP) is 0.193. The third-order valence-electron chi connectivity index (χ3n) is 2.46. The number of carboxylic acid groups (broad SMARTS) is 1. The Hall–Kier alpha value is -0.923. The van der Waals surface area contributed by atoms with Crippen molar-refractivity contribution in [3.63, 3.8) is 0 Å². The summed E-state index contributed by atoms with van der Waals surface area (Å²) >= 11 is 0. The molecule has 0 amide bonds. The van der Waals surface area contributed by atoms with E-state index in [-0.39, 0.29) is 6.42 Å². The van der Waals surface area contributed by atoms with E-state index in [0.29, 0.717) is 19.8 Å². The Morgan fingerprint density at radius 3 is 2.21 bits per heavy atom. The molecule has 0 aliphatic carbocycles. The molecule has 7 heteroatoms. The van der Waals surface area contributed by atoms with Crippen molar-refractivity contribution >= 4 is 22.2 Å². The van der Waals surface area contributed by atoms with Crippen molar-refractivity contribution in [3.8, 4) is 0 Å². The second kappa shape index (κ2) is 11.0. The average molecular weight is 292 g/mol. The van der Waals surface area contributed by atoms with E-state index in [1.807, 2.05) is 0 Å². The van der Waals surface area contributed by atoms with Crippen molar-refractivity contribution in [3.05, 3.63) is 0 Å². The van der Waals surface area contributed by atoms with Gasteiger partial charge in [-0.25, -0.2) is 0 Å². The Kier molecular flexibility index (Phi) is 10.4. The minimum atomic E-state index is -1.12. The first-order valence-electron chi connectivity index (χ1n) is 6.68. The van der Waals surface area contributed by atoms with E-state index in [4.69, 9.17) is 19.3 Å². The lowest BCUT2D eigenvalue weighted by Crippen LogP contribution is -2.35. The molecule has 6 nitrogen and oxygen atoms in total. The monoisotopic (exact) mass is 292 g/mol. The molecule has 19 heavy (non-hydrogen) atoms. The van der Waals surface area contributed by atoms with Gasteiger partial charge in [0.15, 0.2) is 6.29 Å². The first kappa shape index (κ1) is 18.1. The number of aliphatic carboxylic acids is 1. The van der Waals surface area contributed by atoms with Gasteiger partial charge in [0, 0.05) is 23.5 Å². The summed E-state index contributed by atoms with van der Waals surface area (Å²) in [6.07, 6.45) is -0.323. The molecule has 0 rings (SSSR count). The van der Waals surface area contributed by atoms with Gasteiger partial charge in [-0.05, 0) is 20.3 Å². The summed E-state index contributed by atoms with van der Waals surface area (Å²) in [5.41, 5.74) is 0. The second-order valence-electron chi connectivity index (χ2n) is 4.00. The van der Waals surface area contributed by atoms with Crippen molar-refractivity contribution < 1.29 is 28.9 Å². The molecule has 1 unspecified atom stereocenters. The first-order chi connectivity index (χ1) is 9.06. The first-order valence-corrected chi connectivity index (χ1v) is 8.09. The number of hydrogen-bond acceptors (Lipinski definition) is 5. The summed E-state index contributed by atoms with van der Waals surface area (Å²) in [5, 5.41) is 9.16. The fourth-order valence-electron chi connectivity index (χ4n) is 1.48. The molecule has 0 aliphatic heterocycles. The maximum atomic E-state index is 11.6. The van der Waals surface area contributed by atoms with E-state index >= 15 is 0 Å². The molecule has 0 bridgehead atoms. The summed E-state index contributed by atoms with van der Waals surface area (Å²) < 4.78 is 15.4. The third-order valence-corrected chi connectivity index (χ3v) is 3.16. The van der Waals surface area contributed by atoms with Crippen LogP contribution in [0.5, 0.6) is 0 Å². The van der Waals surface area contributed by atoms with Gasteiger partial charge in [0.05, 0.1) is 13.0 Å². The van der Waals surface area contributed by atoms with Crippen LogP contribution in [0, 0.1) is 5.92 Å². The van der Waals surface area contributed by atoms with Crippen LogP contribution in [0.25, 0.3) is 0 Å². The van der Waals surface area contributed by atoms with Crippen LogP contribution in [0.15, 0.2) is 0 Å². The smallest absolute Gasteiger partial charge is 0.312 e. The van der Waals surface area contributed by atoms with Crippen LogP contribution < -0.4 is 0 Å². The lowest BCUT2D eigenvalue weighted by Gasteiger charge is -2.22. The van der Waals surface area contributed by atoms with E-state index in [2.05, 4.69) is 0 Å². The third kappa shape index (κ3) is 7.96. The van der Waals surface area contributed by atoms with E-state index in [1.54, 1.807) is 13.8 Å². The summed E-state index contributed by atoms with van der Waals surface area (Å²) in [7, 11) is 1.07. The highest BCUT2D eigenvalue weighted by molar-refractivity contribution is 6.08. The van der Waals surface area contributed by atoms with Crippen molar-refractivity contribution in [1.82, 2.24) is 0 Å². The van der Waals surface area contributed by atoms with Gasteiger partial charge in [-0.2, -0.15) is 0 Å². The molecule has 0 aliphatic rings. The van der Waals surface area contributed by atoms with Crippen LogP contribution >= 0.6 is 0 Å². The summed E-state index contributed by atoms with van der Waals surface area (Å²) in [6, 6.07) is 1.05. The Morgan fingerprint density at radius 2 is 1.79 bits per heavy atom. The minimum Gasteiger partial charge on any atom is -0.481 e. The number of carbonyl (C=O) groups excluding carboxylic acids is 1. The van der Waals surface area contributed by atoms with Crippen molar-refractivity contribution in [1.29, 1.82) is 0 Å². The molecule has 0 fully saturated rings.